The van der Waals surface area contributed by atoms with Crippen molar-refractivity contribution in [2.75, 3.05) is 19.0 Å². The first-order valence-corrected chi connectivity index (χ1v) is 8.66. The molecule has 0 bridgehead atoms. The van der Waals surface area contributed by atoms with Crippen molar-refractivity contribution in [3.05, 3.63) is 53.6 Å². The number of anilines is 1. The summed E-state index contributed by atoms with van der Waals surface area (Å²) in [5.41, 5.74) is 1.76. The second-order valence-electron chi connectivity index (χ2n) is 5.60. The molecule has 0 spiro atoms. The number of aromatic nitrogens is 1. The Morgan fingerprint density at radius 2 is 2.00 bits per heavy atom. The maximum absolute atomic E-state index is 12.5. The average Bonchev–Trinajstić information content (AvgIpc) is 3.01. The van der Waals surface area contributed by atoms with Crippen LogP contribution in [0.2, 0.25) is 0 Å². The lowest BCUT2D eigenvalue weighted by molar-refractivity contribution is -0.153. The highest BCUT2D eigenvalue weighted by atomic mass is 32.1. The highest BCUT2D eigenvalue weighted by molar-refractivity contribution is 7.22. The first kappa shape index (κ1) is 19.1. The lowest BCUT2D eigenvalue weighted by atomic mass is 10.1. The summed E-state index contributed by atoms with van der Waals surface area (Å²) in [4.78, 5) is 16.8. The molecule has 0 radical (unpaired) electrons. The van der Waals surface area contributed by atoms with E-state index in [4.69, 9.17) is 9.47 Å². The molecule has 1 amide bonds. The third kappa shape index (κ3) is 4.95. The molecule has 5 nitrogen and oxygen atoms in total. The zero-order chi connectivity index (χ0) is 19.4. The van der Waals surface area contributed by atoms with E-state index in [0.717, 1.165) is 16.9 Å². The van der Waals surface area contributed by atoms with Gasteiger partial charge in [-0.3, -0.25) is 10.1 Å². The Balaban J connectivity index is 1.77. The second kappa shape index (κ2) is 7.93. The number of hydrogen-bond donors (Lipinski definition) is 1. The summed E-state index contributed by atoms with van der Waals surface area (Å²) >= 11 is 1.15. The molecule has 0 aliphatic carbocycles. The Kier molecular flexibility index (Phi) is 5.62. The van der Waals surface area contributed by atoms with Crippen LogP contribution in [0.1, 0.15) is 15.9 Å². The third-order valence-electron chi connectivity index (χ3n) is 3.54. The lowest BCUT2D eigenvalue weighted by Gasteiger charge is -2.08. The fourth-order valence-electron chi connectivity index (χ4n) is 2.40. The van der Waals surface area contributed by atoms with Crippen molar-refractivity contribution < 1.29 is 27.4 Å². The van der Waals surface area contributed by atoms with E-state index in [2.05, 4.69) is 10.3 Å². The molecule has 0 saturated heterocycles. The van der Waals surface area contributed by atoms with Crippen LogP contribution in [0.3, 0.4) is 0 Å². The van der Waals surface area contributed by atoms with Crippen molar-refractivity contribution in [2.45, 2.75) is 12.8 Å². The fraction of sp³-hybridized carbons (Fsp3) is 0.222. The normalized spacial score (nSPS) is 11.6. The second-order valence-corrected chi connectivity index (χ2v) is 6.63. The number of nitrogens with zero attached hydrogens (tertiary/aromatic N) is 1. The Hall–Kier alpha value is -2.65. The smallest absolute Gasteiger partial charge is 0.422 e. The predicted octanol–water partition coefficient (Wildman–Crippen LogP) is 4.64. The van der Waals surface area contributed by atoms with Gasteiger partial charge in [-0.15, -0.1) is 0 Å². The van der Waals surface area contributed by atoms with E-state index >= 15 is 0 Å². The van der Waals surface area contributed by atoms with Crippen LogP contribution in [0.5, 0.6) is 5.75 Å². The number of carbonyl (C=O) groups is 1. The van der Waals surface area contributed by atoms with Crippen LogP contribution < -0.4 is 10.1 Å². The molecule has 1 heterocycles. The summed E-state index contributed by atoms with van der Waals surface area (Å²) in [6.45, 7) is -1.07. The summed E-state index contributed by atoms with van der Waals surface area (Å²) in [5.74, 6) is -0.248. The number of amides is 1. The van der Waals surface area contributed by atoms with Crippen molar-refractivity contribution in [2.24, 2.45) is 0 Å². The summed E-state index contributed by atoms with van der Waals surface area (Å²) in [6.07, 6.45) is -4.41. The SMILES string of the molecule is COCc1ccccc1C(=O)Nc1nc2ccc(OCC(F)(F)F)cc2s1. The third-order valence-corrected chi connectivity index (χ3v) is 4.48. The number of carbonyl (C=O) groups excluding carboxylic acids is 1. The standard InChI is InChI=1S/C18H15F3N2O3S/c1-25-9-11-4-2-3-5-13(11)16(24)23-17-22-14-7-6-12(8-15(14)27-17)26-10-18(19,20)21/h2-8H,9-10H2,1H3,(H,22,23,24). The van der Waals surface area contributed by atoms with E-state index in [1.54, 1.807) is 31.4 Å². The van der Waals surface area contributed by atoms with Crippen molar-refractivity contribution in [1.82, 2.24) is 4.98 Å². The minimum absolute atomic E-state index is 0.0896. The van der Waals surface area contributed by atoms with Gasteiger partial charge in [0, 0.05) is 12.7 Å². The zero-order valence-corrected chi connectivity index (χ0v) is 15.0. The minimum Gasteiger partial charge on any atom is -0.484 e. The first-order chi connectivity index (χ1) is 12.9. The minimum atomic E-state index is -4.41. The molecule has 0 unspecified atom stereocenters. The number of nitrogens with one attached hydrogen (secondary N) is 1. The van der Waals surface area contributed by atoms with Gasteiger partial charge >= 0.3 is 6.18 Å². The molecule has 0 aliphatic rings. The first-order valence-electron chi connectivity index (χ1n) is 7.84. The number of thiazole rings is 1. The van der Waals surface area contributed by atoms with E-state index in [9.17, 15) is 18.0 Å². The van der Waals surface area contributed by atoms with Crippen LogP contribution in [0.25, 0.3) is 10.2 Å². The number of alkyl halides is 3. The monoisotopic (exact) mass is 396 g/mol. The average molecular weight is 396 g/mol. The molecule has 0 fully saturated rings. The fourth-order valence-corrected chi connectivity index (χ4v) is 3.29. The number of halogens is 3. The number of benzene rings is 2. The van der Waals surface area contributed by atoms with E-state index < -0.39 is 12.8 Å². The molecule has 27 heavy (non-hydrogen) atoms. The van der Waals surface area contributed by atoms with Crippen LogP contribution in [0.15, 0.2) is 42.5 Å². The predicted molar refractivity (Wildman–Crippen MR) is 96.3 cm³/mol. The molecule has 0 saturated carbocycles. The number of fused-ring (bicyclic) bond motifs is 1. The van der Waals surface area contributed by atoms with Crippen molar-refractivity contribution in [1.29, 1.82) is 0 Å². The topological polar surface area (TPSA) is 60.5 Å². The molecule has 3 rings (SSSR count). The van der Waals surface area contributed by atoms with Crippen LogP contribution in [0, 0.1) is 0 Å². The van der Waals surface area contributed by atoms with E-state index in [1.807, 2.05) is 6.07 Å². The van der Waals surface area contributed by atoms with E-state index in [-0.39, 0.29) is 11.7 Å². The van der Waals surface area contributed by atoms with Gasteiger partial charge in [0.2, 0.25) is 0 Å². The largest absolute Gasteiger partial charge is 0.484 e. The van der Waals surface area contributed by atoms with Gasteiger partial charge in [0.15, 0.2) is 11.7 Å². The van der Waals surface area contributed by atoms with Crippen molar-refractivity contribution in [3.63, 3.8) is 0 Å². The Bertz CT molecular complexity index is 956. The van der Waals surface area contributed by atoms with Crippen molar-refractivity contribution in [3.8, 4) is 5.75 Å². The molecule has 2 aromatic carbocycles. The molecular formula is C18H15F3N2O3S. The van der Waals surface area contributed by atoms with Crippen molar-refractivity contribution >= 4 is 32.6 Å². The Morgan fingerprint density at radius 1 is 1.22 bits per heavy atom. The van der Waals surface area contributed by atoms with Gasteiger partial charge in [0.25, 0.3) is 5.91 Å². The number of ether oxygens (including phenoxy) is 2. The highest BCUT2D eigenvalue weighted by Crippen LogP contribution is 2.30. The maximum Gasteiger partial charge on any atom is 0.422 e. The summed E-state index contributed by atoms with van der Waals surface area (Å²) in [5, 5.41) is 3.06. The van der Waals surface area contributed by atoms with Gasteiger partial charge in [-0.2, -0.15) is 13.2 Å². The van der Waals surface area contributed by atoms with E-state index in [0.29, 0.717) is 27.5 Å². The van der Waals surface area contributed by atoms with Gasteiger partial charge in [0.05, 0.1) is 16.8 Å². The molecule has 3 aromatic rings. The Labute approximate surface area is 156 Å². The zero-order valence-electron chi connectivity index (χ0n) is 14.2. The van der Waals surface area contributed by atoms with Gasteiger partial charge in [-0.05, 0) is 29.8 Å². The molecule has 9 heteroatoms. The molecule has 1 aromatic heterocycles. The molecule has 0 aliphatic heterocycles. The van der Waals surface area contributed by atoms with Crippen LogP contribution in [-0.2, 0) is 11.3 Å². The van der Waals surface area contributed by atoms with E-state index in [1.165, 1.54) is 12.1 Å². The molecular weight excluding hydrogens is 381 g/mol. The van der Waals surface area contributed by atoms with Crippen LogP contribution >= 0.6 is 11.3 Å². The summed E-state index contributed by atoms with van der Waals surface area (Å²) < 4.78 is 47.2. The number of hydrogen-bond acceptors (Lipinski definition) is 5. The van der Waals surface area contributed by atoms with Gasteiger partial charge in [-0.25, -0.2) is 4.98 Å². The number of methoxy groups -OCH3 is 1. The summed E-state index contributed by atoms with van der Waals surface area (Å²) in [6, 6.07) is 11.5. The highest BCUT2D eigenvalue weighted by Gasteiger charge is 2.28. The number of rotatable bonds is 6. The molecule has 1 N–H and O–H groups in total. The van der Waals surface area contributed by atoms with Crippen LogP contribution in [0.4, 0.5) is 18.3 Å². The lowest BCUT2D eigenvalue weighted by Crippen LogP contribution is -2.19. The summed E-state index contributed by atoms with van der Waals surface area (Å²) in [7, 11) is 1.54. The Morgan fingerprint density at radius 3 is 2.74 bits per heavy atom. The maximum atomic E-state index is 12.5. The van der Waals surface area contributed by atoms with Gasteiger partial charge in [0.1, 0.15) is 5.75 Å². The van der Waals surface area contributed by atoms with Gasteiger partial charge in [-0.1, -0.05) is 29.5 Å². The molecule has 0 atom stereocenters. The van der Waals surface area contributed by atoms with Crippen LogP contribution in [-0.4, -0.2) is 30.8 Å². The van der Waals surface area contributed by atoms with Gasteiger partial charge < -0.3 is 9.47 Å². The quantitative estimate of drug-likeness (QED) is 0.660. The molecule has 142 valence electrons.